The van der Waals surface area contributed by atoms with Gasteiger partial charge in [-0.15, -0.1) is 0 Å². The second-order valence-electron chi connectivity index (χ2n) is 5.52. The first kappa shape index (κ1) is 13.3. The molecule has 0 atom stereocenters. The van der Waals surface area contributed by atoms with Crippen LogP contribution in [0.25, 0.3) is 11.0 Å². The third-order valence-corrected chi connectivity index (χ3v) is 4.18. The Morgan fingerprint density at radius 1 is 1.40 bits per heavy atom. The first-order valence-electron chi connectivity index (χ1n) is 6.82. The quantitative estimate of drug-likeness (QED) is 0.860. The number of benzene rings is 1. The standard InChI is InChI=1S/C14H19FN4O/c1-18-12-8-10(15)2-3-11(12)17-13(18)19-6-4-14(20,9-16)5-7-19/h2-3,8,20H,4-7,9,16H2,1H3. The van der Waals surface area contributed by atoms with Crippen LogP contribution in [-0.4, -0.2) is 39.9 Å². The predicted octanol–water partition coefficient (Wildman–Crippen LogP) is 1.00. The van der Waals surface area contributed by atoms with Crippen molar-refractivity contribution in [3.63, 3.8) is 0 Å². The molecule has 0 radical (unpaired) electrons. The van der Waals surface area contributed by atoms with Gasteiger partial charge in [0.25, 0.3) is 0 Å². The average Bonchev–Trinajstić information content (AvgIpc) is 2.77. The predicted molar refractivity (Wildman–Crippen MR) is 76.1 cm³/mol. The van der Waals surface area contributed by atoms with Crippen molar-refractivity contribution < 1.29 is 9.50 Å². The third kappa shape index (κ3) is 2.14. The summed E-state index contributed by atoms with van der Waals surface area (Å²) in [6.07, 6.45) is 1.25. The van der Waals surface area contributed by atoms with E-state index in [-0.39, 0.29) is 12.4 Å². The van der Waals surface area contributed by atoms with Crippen molar-refractivity contribution in [3.8, 4) is 0 Å². The molecule has 3 N–H and O–H groups in total. The number of nitrogens with two attached hydrogens (primary N) is 1. The summed E-state index contributed by atoms with van der Waals surface area (Å²) < 4.78 is 15.2. The fourth-order valence-corrected chi connectivity index (χ4v) is 2.76. The van der Waals surface area contributed by atoms with Gasteiger partial charge in [0.1, 0.15) is 5.82 Å². The lowest BCUT2D eigenvalue weighted by Crippen LogP contribution is -2.49. The Bertz CT molecular complexity index is 631. The Morgan fingerprint density at radius 2 is 2.10 bits per heavy atom. The van der Waals surface area contributed by atoms with Crippen LogP contribution < -0.4 is 10.6 Å². The molecule has 20 heavy (non-hydrogen) atoms. The molecule has 0 saturated carbocycles. The Balaban J connectivity index is 1.90. The molecule has 0 unspecified atom stereocenters. The van der Waals surface area contributed by atoms with Crippen molar-refractivity contribution in [2.45, 2.75) is 18.4 Å². The lowest BCUT2D eigenvalue weighted by atomic mass is 9.92. The van der Waals surface area contributed by atoms with Gasteiger partial charge in [0.15, 0.2) is 0 Å². The largest absolute Gasteiger partial charge is 0.388 e. The normalized spacial score (nSPS) is 18.7. The number of piperidine rings is 1. The molecule has 0 amide bonds. The summed E-state index contributed by atoms with van der Waals surface area (Å²) in [6, 6.07) is 4.60. The molecule has 1 aliphatic rings. The van der Waals surface area contributed by atoms with Crippen LogP contribution in [0.5, 0.6) is 0 Å². The number of halogens is 1. The Kier molecular flexibility index (Phi) is 3.14. The summed E-state index contributed by atoms with van der Waals surface area (Å²) in [4.78, 5) is 6.67. The molecule has 1 aromatic heterocycles. The highest BCUT2D eigenvalue weighted by Gasteiger charge is 2.32. The highest BCUT2D eigenvalue weighted by Crippen LogP contribution is 2.27. The fraction of sp³-hybridized carbons (Fsp3) is 0.500. The minimum absolute atomic E-state index is 0.261. The molecule has 108 valence electrons. The molecule has 6 heteroatoms. The summed E-state index contributed by atoms with van der Waals surface area (Å²) in [7, 11) is 1.88. The summed E-state index contributed by atoms with van der Waals surface area (Å²) in [5.74, 6) is 0.549. The molecule has 5 nitrogen and oxygen atoms in total. The van der Waals surface area contributed by atoms with E-state index in [0.29, 0.717) is 25.9 Å². The third-order valence-electron chi connectivity index (χ3n) is 4.18. The van der Waals surface area contributed by atoms with E-state index in [1.807, 2.05) is 11.6 Å². The van der Waals surface area contributed by atoms with Gasteiger partial charge < -0.3 is 20.3 Å². The average molecular weight is 278 g/mol. The Labute approximate surface area is 116 Å². The number of nitrogens with zero attached hydrogens (tertiary/aromatic N) is 3. The van der Waals surface area contributed by atoms with Crippen LogP contribution in [0, 0.1) is 5.82 Å². The number of hydrogen-bond acceptors (Lipinski definition) is 4. The van der Waals surface area contributed by atoms with Crippen molar-refractivity contribution in [2.75, 3.05) is 24.5 Å². The second kappa shape index (κ2) is 4.71. The van der Waals surface area contributed by atoms with E-state index in [2.05, 4.69) is 9.88 Å². The maximum atomic E-state index is 13.3. The lowest BCUT2D eigenvalue weighted by molar-refractivity contribution is 0.0247. The molecule has 2 aromatic rings. The topological polar surface area (TPSA) is 67.3 Å². The van der Waals surface area contributed by atoms with Crippen LogP contribution in [0.15, 0.2) is 18.2 Å². The van der Waals surface area contributed by atoms with E-state index < -0.39 is 5.60 Å². The molecule has 3 rings (SSSR count). The molecule has 0 bridgehead atoms. The first-order chi connectivity index (χ1) is 9.52. The van der Waals surface area contributed by atoms with Crippen LogP contribution in [0.1, 0.15) is 12.8 Å². The number of fused-ring (bicyclic) bond motifs is 1. The van der Waals surface area contributed by atoms with Gasteiger partial charge in [-0.3, -0.25) is 0 Å². The molecule has 1 aromatic carbocycles. The molecule has 1 saturated heterocycles. The summed E-state index contributed by atoms with van der Waals surface area (Å²) in [6.45, 7) is 1.69. The van der Waals surface area contributed by atoms with E-state index >= 15 is 0 Å². The van der Waals surface area contributed by atoms with Crippen molar-refractivity contribution >= 4 is 17.0 Å². The first-order valence-corrected chi connectivity index (χ1v) is 6.82. The monoisotopic (exact) mass is 278 g/mol. The lowest BCUT2D eigenvalue weighted by Gasteiger charge is -2.37. The van der Waals surface area contributed by atoms with Gasteiger partial charge in [-0.25, -0.2) is 9.37 Å². The molecule has 1 aliphatic heterocycles. The number of imidazole rings is 1. The summed E-state index contributed by atoms with van der Waals surface area (Å²) >= 11 is 0. The van der Waals surface area contributed by atoms with Crippen LogP contribution >= 0.6 is 0 Å². The van der Waals surface area contributed by atoms with Gasteiger partial charge in [-0.1, -0.05) is 0 Å². The molecule has 0 aliphatic carbocycles. The number of aryl methyl sites for hydroxylation is 1. The van der Waals surface area contributed by atoms with E-state index in [1.165, 1.54) is 12.1 Å². The summed E-state index contributed by atoms with van der Waals surface area (Å²) in [5, 5.41) is 10.2. The van der Waals surface area contributed by atoms with Gasteiger partial charge in [-0.05, 0) is 31.0 Å². The zero-order valence-electron chi connectivity index (χ0n) is 11.5. The zero-order chi connectivity index (χ0) is 14.3. The molecule has 2 heterocycles. The SMILES string of the molecule is Cn1c(N2CCC(O)(CN)CC2)nc2ccc(F)cc21. The van der Waals surface area contributed by atoms with Crippen molar-refractivity contribution in [2.24, 2.45) is 12.8 Å². The zero-order valence-corrected chi connectivity index (χ0v) is 11.5. The molecule has 0 spiro atoms. The maximum absolute atomic E-state index is 13.3. The van der Waals surface area contributed by atoms with Crippen LogP contribution in [0.3, 0.4) is 0 Å². The van der Waals surface area contributed by atoms with E-state index in [1.54, 1.807) is 6.07 Å². The Hall–Kier alpha value is -1.66. The number of anilines is 1. The van der Waals surface area contributed by atoms with E-state index in [0.717, 1.165) is 17.0 Å². The van der Waals surface area contributed by atoms with Gasteiger partial charge in [0.05, 0.1) is 16.6 Å². The highest BCUT2D eigenvalue weighted by atomic mass is 19.1. The van der Waals surface area contributed by atoms with Crippen molar-refractivity contribution in [1.29, 1.82) is 0 Å². The Morgan fingerprint density at radius 3 is 2.75 bits per heavy atom. The van der Waals surface area contributed by atoms with Gasteiger partial charge in [0.2, 0.25) is 5.95 Å². The maximum Gasteiger partial charge on any atom is 0.206 e. The van der Waals surface area contributed by atoms with Gasteiger partial charge in [0, 0.05) is 26.7 Å². The molecular formula is C14H19FN4O. The highest BCUT2D eigenvalue weighted by molar-refractivity contribution is 5.78. The number of aromatic nitrogens is 2. The molecular weight excluding hydrogens is 259 g/mol. The van der Waals surface area contributed by atoms with Crippen LogP contribution in [-0.2, 0) is 7.05 Å². The molecule has 1 fully saturated rings. The number of rotatable bonds is 2. The van der Waals surface area contributed by atoms with Crippen molar-refractivity contribution in [3.05, 3.63) is 24.0 Å². The number of aliphatic hydroxyl groups is 1. The summed E-state index contributed by atoms with van der Waals surface area (Å²) in [5.41, 5.74) is 6.40. The number of hydrogen-bond donors (Lipinski definition) is 2. The van der Waals surface area contributed by atoms with E-state index in [9.17, 15) is 9.50 Å². The van der Waals surface area contributed by atoms with E-state index in [4.69, 9.17) is 5.73 Å². The van der Waals surface area contributed by atoms with Crippen LogP contribution in [0.2, 0.25) is 0 Å². The minimum Gasteiger partial charge on any atom is -0.388 e. The van der Waals surface area contributed by atoms with Crippen molar-refractivity contribution in [1.82, 2.24) is 9.55 Å². The van der Waals surface area contributed by atoms with Gasteiger partial charge >= 0.3 is 0 Å². The smallest absolute Gasteiger partial charge is 0.206 e. The minimum atomic E-state index is -0.757. The van der Waals surface area contributed by atoms with Gasteiger partial charge in [-0.2, -0.15) is 0 Å². The second-order valence-corrected chi connectivity index (χ2v) is 5.52. The van der Waals surface area contributed by atoms with Crippen LogP contribution in [0.4, 0.5) is 10.3 Å². The fourth-order valence-electron chi connectivity index (χ4n) is 2.76.